The molecule has 0 fully saturated rings. The van der Waals surface area contributed by atoms with E-state index in [4.69, 9.17) is 9.47 Å². The van der Waals surface area contributed by atoms with Crippen LogP contribution in [-0.4, -0.2) is 11.6 Å². The Labute approximate surface area is 188 Å². The molecule has 0 spiro atoms. The highest BCUT2D eigenvalue weighted by Crippen LogP contribution is 2.40. The van der Waals surface area contributed by atoms with Crippen LogP contribution in [0.25, 0.3) is 0 Å². The number of alkyl halides is 6. The molecule has 0 aliphatic heterocycles. The monoisotopic (exact) mass is 478 g/mol. The van der Waals surface area contributed by atoms with Gasteiger partial charge in [-0.15, -0.1) is 0 Å². The fourth-order valence-electron chi connectivity index (χ4n) is 3.31. The number of fused-ring (bicyclic) bond motifs is 1. The van der Waals surface area contributed by atoms with Crippen molar-refractivity contribution in [2.75, 3.05) is 0 Å². The van der Waals surface area contributed by atoms with Crippen molar-refractivity contribution in [3.05, 3.63) is 107 Å². The Kier molecular flexibility index (Phi) is 5.68. The normalized spacial score (nSPS) is 14.2. The van der Waals surface area contributed by atoms with E-state index in [-0.39, 0.29) is 11.1 Å². The van der Waals surface area contributed by atoms with Gasteiger partial charge in [-0.1, -0.05) is 48.5 Å². The van der Waals surface area contributed by atoms with Gasteiger partial charge in [-0.25, -0.2) is 0 Å². The minimum absolute atomic E-state index is 0.191. The predicted octanol–water partition coefficient (Wildman–Crippen LogP) is 6.47. The maximum Gasteiger partial charge on any atom is 0.419 e. The summed E-state index contributed by atoms with van der Waals surface area (Å²) in [7, 11) is 0. The second-order valence-corrected chi connectivity index (χ2v) is 7.05. The van der Waals surface area contributed by atoms with Crippen LogP contribution in [0.2, 0.25) is 0 Å². The molecule has 0 saturated heterocycles. The van der Waals surface area contributed by atoms with Crippen molar-refractivity contribution in [3.63, 3.8) is 0 Å². The van der Waals surface area contributed by atoms with Gasteiger partial charge in [0, 0.05) is 11.1 Å². The van der Waals surface area contributed by atoms with Crippen LogP contribution in [0.5, 0.6) is 11.5 Å². The SMILES string of the molecule is O=C1C(Oc2ccccc2C(F)(F)F)=C(Oc2ccccc2C(F)(F)F)C(=O)c2ccccc21. The van der Waals surface area contributed by atoms with Gasteiger partial charge in [-0.2, -0.15) is 26.3 Å². The molecular formula is C24H12F6O4. The summed E-state index contributed by atoms with van der Waals surface area (Å²) >= 11 is 0. The Hall–Kier alpha value is -4.08. The number of allylic oxidation sites excluding steroid dienone is 2. The molecule has 0 atom stereocenters. The lowest BCUT2D eigenvalue weighted by Crippen LogP contribution is -2.28. The van der Waals surface area contributed by atoms with E-state index in [1.54, 1.807) is 0 Å². The van der Waals surface area contributed by atoms with Crippen molar-refractivity contribution in [3.8, 4) is 11.5 Å². The molecule has 0 heterocycles. The molecular weight excluding hydrogens is 466 g/mol. The first-order chi connectivity index (χ1) is 16.0. The molecule has 174 valence electrons. The molecule has 0 aromatic heterocycles. The number of halogens is 6. The van der Waals surface area contributed by atoms with Gasteiger partial charge in [-0.3, -0.25) is 9.59 Å². The Morgan fingerprint density at radius 3 is 1.18 bits per heavy atom. The zero-order chi connectivity index (χ0) is 24.7. The molecule has 0 unspecified atom stereocenters. The topological polar surface area (TPSA) is 52.6 Å². The average Bonchev–Trinajstić information content (AvgIpc) is 2.79. The number of carbonyl (C=O) groups is 2. The summed E-state index contributed by atoms with van der Waals surface area (Å²) in [5.41, 5.74) is -2.89. The number of hydrogen-bond donors (Lipinski definition) is 0. The van der Waals surface area contributed by atoms with Gasteiger partial charge >= 0.3 is 12.4 Å². The van der Waals surface area contributed by atoms with Crippen molar-refractivity contribution in [1.82, 2.24) is 0 Å². The number of Topliss-reactive ketones (excluding diaryl/α,β-unsaturated/α-hetero) is 2. The van der Waals surface area contributed by atoms with E-state index in [9.17, 15) is 35.9 Å². The van der Waals surface area contributed by atoms with Crippen LogP contribution in [-0.2, 0) is 12.4 Å². The molecule has 4 nitrogen and oxygen atoms in total. The van der Waals surface area contributed by atoms with Crippen LogP contribution >= 0.6 is 0 Å². The third-order valence-corrected chi connectivity index (χ3v) is 4.84. The number of rotatable bonds is 4. The van der Waals surface area contributed by atoms with Crippen LogP contribution in [0, 0.1) is 0 Å². The number of para-hydroxylation sites is 2. The summed E-state index contributed by atoms with van der Waals surface area (Å²) < 4.78 is 91.1. The Balaban J connectivity index is 1.89. The predicted molar refractivity (Wildman–Crippen MR) is 106 cm³/mol. The summed E-state index contributed by atoms with van der Waals surface area (Å²) in [5, 5.41) is 0. The van der Waals surface area contributed by atoms with E-state index in [2.05, 4.69) is 0 Å². The van der Waals surface area contributed by atoms with Crippen LogP contribution in [0.4, 0.5) is 26.3 Å². The second kappa shape index (κ2) is 8.36. The molecule has 0 N–H and O–H groups in total. The molecule has 1 aliphatic rings. The second-order valence-electron chi connectivity index (χ2n) is 7.05. The van der Waals surface area contributed by atoms with E-state index >= 15 is 0 Å². The van der Waals surface area contributed by atoms with Gasteiger partial charge in [0.25, 0.3) is 0 Å². The number of ether oxygens (including phenoxy) is 2. The summed E-state index contributed by atoms with van der Waals surface area (Å²) in [6.07, 6.45) is -9.75. The summed E-state index contributed by atoms with van der Waals surface area (Å²) in [6, 6.07) is 13.1. The van der Waals surface area contributed by atoms with E-state index in [1.807, 2.05) is 0 Å². The van der Waals surface area contributed by atoms with E-state index in [1.165, 1.54) is 36.4 Å². The van der Waals surface area contributed by atoms with E-state index in [0.717, 1.165) is 24.3 Å². The Morgan fingerprint density at radius 2 is 0.824 bits per heavy atom. The van der Waals surface area contributed by atoms with Crippen molar-refractivity contribution < 1.29 is 45.4 Å². The molecule has 0 radical (unpaired) electrons. The first-order valence-electron chi connectivity index (χ1n) is 9.59. The zero-order valence-electron chi connectivity index (χ0n) is 16.8. The largest absolute Gasteiger partial charge is 0.448 e. The molecule has 3 aromatic rings. The van der Waals surface area contributed by atoms with Gasteiger partial charge in [0.1, 0.15) is 11.5 Å². The van der Waals surface area contributed by atoms with Crippen LogP contribution in [0.15, 0.2) is 84.3 Å². The van der Waals surface area contributed by atoms with Gasteiger partial charge in [0.2, 0.25) is 23.1 Å². The van der Waals surface area contributed by atoms with Gasteiger partial charge in [0.05, 0.1) is 11.1 Å². The number of ketones is 2. The first kappa shape index (κ1) is 23.1. The quantitative estimate of drug-likeness (QED) is 0.403. The molecule has 34 heavy (non-hydrogen) atoms. The average molecular weight is 478 g/mol. The van der Waals surface area contributed by atoms with Crippen molar-refractivity contribution in [2.24, 2.45) is 0 Å². The van der Waals surface area contributed by atoms with Gasteiger partial charge in [0.15, 0.2) is 0 Å². The fraction of sp³-hybridized carbons (Fsp3) is 0.0833. The summed E-state index contributed by atoms with van der Waals surface area (Å²) in [6.45, 7) is 0. The Morgan fingerprint density at radius 1 is 0.500 bits per heavy atom. The molecule has 4 rings (SSSR count). The van der Waals surface area contributed by atoms with Crippen LogP contribution < -0.4 is 9.47 Å². The smallest absolute Gasteiger partial charge is 0.419 e. The van der Waals surface area contributed by atoms with Gasteiger partial charge < -0.3 is 9.47 Å². The molecule has 3 aromatic carbocycles. The molecule has 10 heteroatoms. The minimum Gasteiger partial charge on any atom is -0.448 e. The Bertz CT molecular complexity index is 1220. The fourth-order valence-corrected chi connectivity index (χ4v) is 3.31. The molecule has 1 aliphatic carbocycles. The van der Waals surface area contributed by atoms with E-state index < -0.39 is 58.1 Å². The summed E-state index contributed by atoms with van der Waals surface area (Å²) in [4.78, 5) is 26.2. The highest BCUT2D eigenvalue weighted by atomic mass is 19.4. The lowest BCUT2D eigenvalue weighted by Gasteiger charge is -2.23. The van der Waals surface area contributed by atoms with Crippen molar-refractivity contribution in [1.29, 1.82) is 0 Å². The van der Waals surface area contributed by atoms with Crippen LogP contribution in [0.3, 0.4) is 0 Å². The third-order valence-electron chi connectivity index (χ3n) is 4.84. The first-order valence-corrected chi connectivity index (χ1v) is 9.59. The summed E-state index contributed by atoms with van der Waals surface area (Å²) in [5.74, 6) is -5.61. The van der Waals surface area contributed by atoms with Crippen LogP contribution in [0.1, 0.15) is 31.8 Å². The lowest BCUT2D eigenvalue weighted by atomic mass is 9.92. The highest BCUT2D eigenvalue weighted by Gasteiger charge is 2.40. The zero-order valence-corrected chi connectivity index (χ0v) is 16.8. The molecule has 0 amide bonds. The third kappa shape index (κ3) is 4.26. The maximum atomic E-state index is 13.4. The number of hydrogen-bond acceptors (Lipinski definition) is 4. The highest BCUT2D eigenvalue weighted by molar-refractivity contribution is 6.25. The van der Waals surface area contributed by atoms with Crippen molar-refractivity contribution in [2.45, 2.75) is 12.4 Å². The number of benzene rings is 3. The van der Waals surface area contributed by atoms with Crippen molar-refractivity contribution >= 4 is 11.6 Å². The molecule has 0 bridgehead atoms. The standard InChI is InChI=1S/C24H12F6O4/c25-23(26,27)15-9-3-5-11-17(15)33-21-19(31)13-7-1-2-8-14(13)20(32)22(21)34-18-12-6-4-10-16(18)24(28,29)30/h1-12H. The minimum atomic E-state index is -4.87. The van der Waals surface area contributed by atoms with E-state index in [0.29, 0.717) is 12.1 Å². The maximum absolute atomic E-state index is 13.4. The number of carbonyl (C=O) groups excluding carboxylic acids is 2. The van der Waals surface area contributed by atoms with Gasteiger partial charge in [-0.05, 0) is 24.3 Å². The molecule has 0 saturated carbocycles. The lowest BCUT2D eigenvalue weighted by molar-refractivity contribution is -0.139.